The first-order chi connectivity index (χ1) is 4.31. The van der Waals surface area contributed by atoms with Gasteiger partial charge in [-0.15, -0.1) is 0 Å². The molecule has 2 heteroatoms. The normalized spacial score (nSPS) is 13.7. The van der Waals surface area contributed by atoms with Crippen LogP contribution in [-0.4, -0.2) is 17.3 Å². The summed E-state index contributed by atoms with van der Waals surface area (Å²) in [5.74, 6) is 4.40. The van der Waals surface area contributed by atoms with Gasteiger partial charge < -0.3 is 0 Å². The zero-order chi connectivity index (χ0) is 7.11. The topological polar surface area (TPSA) is 0 Å². The van der Waals surface area contributed by atoms with Gasteiger partial charge in [0.2, 0.25) is 0 Å². The minimum Gasteiger partial charge on any atom is -0.179 e. The Labute approximate surface area is 68.2 Å². The molecule has 0 aromatic rings. The van der Waals surface area contributed by atoms with Crippen molar-refractivity contribution in [2.45, 2.75) is 20.3 Å². The molecule has 9 heavy (non-hydrogen) atoms. The van der Waals surface area contributed by atoms with Gasteiger partial charge in [-0.1, -0.05) is 20.3 Å². The average molecular weight is 164 g/mol. The molecule has 0 aromatic carbocycles. The van der Waals surface area contributed by atoms with Gasteiger partial charge in [0.05, 0.1) is 0 Å². The Morgan fingerprint density at radius 1 is 1.56 bits per heavy atom. The molecule has 0 heterocycles. The van der Waals surface area contributed by atoms with Crippen LogP contribution >= 0.6 is 24.4 Å². The van der Waals surface area contributed by atoms with Crippen LogP contribution < -0.4 is 0 Å². The zero-order valence-electron chi connectivity index (χ0n) is 6.26. The molecular formula is C7H16S2. The summed E-state index contributed by atoms with van der Waals surface area (Å²) in [4.78, 5) is 0. The van der Waals surface area contributed by atoms with E-state index in [4.69, 9.17) is 0 Å². The van der Waals surface area contributed by atoms with E-state index in [0.717, 1.165) is 11.7 Å². The zero-order valence-corrected chi connectivity index (χ0v) is 7.97. The van der Waals surface area contributed by atoms with Gasteiger partial charge in [-0.3, -0.25) is 0 Å². The molecular weight excluding hydrogens is 148 g/mol. The fourth-order valence-electron chi connectivity index (χ4n) is 0.467. The predicted octanol–water partition coefficient (Wildman–Crippen LogP) is 2.70. The van der Waals surface area contributed by atoms with E-state index < -0.39 is 0 Å². The quantitative estimate of drug-likeness (QED) is 0.481. The van der Waals surface area contributed by atoms with E-state index >= 15 is 0 Å². The molecule has 0 aliphatic rings. The van der Waals surface area contributed by atoms with Gasteiger partial charge in [-0.25, -0.2) is 0 Å². The maximum atomic E-state index is 4.13. The second-order valence-electron chi connectivity index (χ2n) is 2.31. The summed E-state index contributed by atoms with van der Waals surface area (Å²) in [5.41, 5.74) is 0. The summed E-state index contributed by atoms with van der Waals surface area (Å²) in [6.07, 6.45) is 1.31. The van der Waals surface area contributed by atoms with Crippen molar-refractivity contribution in [1.82, 2.24) is 0 Å². The van der Waals surface area contributed by atoms with Crippen LogP contribution in [0, 0.1) is 5.92 Å². The smallest absolute Gasteiger partial charge is 0.00211 e. The Morgan fingerprint density at radius 2 is 2.22 bits per heavy atom. The molecule has 0 aliphatic heterocycles. The van der Waals surface area contributed by atoms with E-state index in [2.05, 4.69) is 26.5 Å². The molecule has 0 nitrogen and oxygen atoms in total. The van der Waals surface area contributed by atoms with Crippen molar-refractivity contribution < 1.29 is 0 Å². The summed E-state index contributed by atoms with van der Waals surface area (Å²) in [6, 6.07) is 0. The van der Waals surface area contributed by atoms with Gasteiger partial charge in [-0.2, -0.15) is 24.4 Å². The third-order valence-corrected chi connectivity index (χ3v) is 3.16. The van der Waals surface area contributed by atoms with Crippen molar-refractivity contribution in [3.63, 3.8) is 0 Å². The van der Waals surface area contributed by atoms with Gasteiger partial charge >= 0.3 is 0 Å². The van der Waals surface area contributed by atoms with E-state index in [-0.39, 0.29) is 0 Å². The van der Waals surface area contributed by atoms with Crippen LogP contribution in [0.5, 0.6) is 0 Å². The Hall–Kier alpha value is 0.700. The molecule has 0 rings (SSSR count). The Bertz CT molecular complexity index is 54.9. The van der Waals surface area contributed by atoms with Crippen molar-refractivity contribution >= 4 is 24.4 Å². The minimum absolute atomic E-state index is 0.884. The lowest BCUT2D eigenvalue weighted by Gasteiger charge is -2.05. The fourth-order valence-corrected chi connectivity index (χ4v) is 1.79. The second-order valence-corrected chi connectivity index (χ2v) is 3.91. The van der Waals surface area contributed by atoms with Crippen LogP contribution in [0.15, 0.2) is 0 Å². The minimum atomic E-state index is 0.884. The Kier molecular flexibility index (Phi) is 7.34. The van der Waals surface area contributed by atoms with Crippen molar-refractivity contribution in [2.24, 2.45) is 5.92 Å². The number of thiol groups is 1. The SMILES string of the molecule is CCC(C)CSCCS. The van der Waals surface area contributed by atoms with E-state index in [1.54, 1.807) is 0 Å². The third-order valence-electron chi connectivity index (χ3n) is 1.33. The summed E-state index contributed by atoms with van der Waals surface area (Å²) in [6.45, 7) is 4.54. The van der Waals surface area contributed by atoms with Crippen molar-refractivity contribution in [3.8, 4) is 0 Å². The van der Waals surface area contributed by atoms with Gasteiger partial charge in [0, 0.05) is 5.75 Å². The Morgan fingerprint density at radius 3 is 2.67 bits per heavy atom. The number of hydrogen-bond acceptors (Lipinski definition) is 2. The van der Waals surface area contributed by atoms with E-state index in [0.29, 0.717) is 0 Å². The van der Waals surface area contributed by atoms with Gasteiger partial charge in [-0.05, 0) is 17.4 Å². The highest BCUT2D eigenvalue weighted by Crippen LogP contribution is 2.10. The number of hydrogen-bond donors (Lipinski definition) is 1. The van der Waals surface area contributed by atoms with Crippen LogP contribution in [-0.2, 0) is 0 Å². The number of thioether (sulfide) groups is 1. The standard InChI is InChI=1S/C7H16S2/c1-3-7(2)6-9-5-4-8/h7-8H,3-6H2,1-2H3. The van der Waals surface area contributed by atoms with E-state index in [1.807, 2.05) is 11.8 Å². The average Bonchev–Trinajstić information content (AvgIpc) is 1.89. The Balaban J connectivity index is 2.88. The highest BCUT2D eigenvalue weighted by atomic mass is 32.2. The highest BCUT2D eigenvalue weighted by Gasteiger charge is 1.96. The summed E-state index contributed by atoms with van der Waals surface area (Å²) in [7, 11) is 0. The maximum Gasteiger partial charge on any atom is 0.00211 e. The molecule has 0 saturated carbocycles. The fraction of sp³-hybridized carbons (Fsp3) is 1.00. The summed E-state index contributed by atoms with van der Waals surface area (Å²) >= 11 is 6.14. The lowest BCUT2D eigenvalue weighted by molar-refractivity contribution is 0.637. The lowest BCUT2D eigenvalue weighted by atomic mass is 10.2. The molecule has 56 valence electrons. The van der Waals surface area contributed by atoms with Crippen LogP contribution in [0.2, 0.25) is 0 Å². The molecule has 0 spiro atoms. The first-order valence-corrected chi connectivity index (χ1v) is 5.28. The second kappa shape index (κ2) is 6.81. The summed E-state index contributed by atoms with van der Waals surface area (Å²) in [5, 5.41) is 0. The molecule has 0 bridgehead atoms. The van der Waals surface area contributed by atoms with Crippen molar-refractivity contribution in [1.29, 1.82) is 0 Å². The molecule has 1 unspecified atom stereocenters. The molecule has 0 N–H and O–H groups in total. The van der Waals surface area contributed by atoms with E-state index in [1.165, 1.54) is 17.9 Å². The largest absolute Gasteiger partial charge is 0.179 e. The van der Waals surface area contributed by atoms with Gasteiger partial charge in [0.25, 0.3) is 0 Å². The van der Waals surface area contributed by atoms with Gasteiger partial charge in [0.15, 0.2) is 0 Å². The predicted molar refractivity (Wildman–Crippen MR) is 50.6 cm³/mol. The van der Waals surface area contributed by atoms with Crippen LogP contribution in [0.1, 0.15) is 20.3 Å². The van der Waals surface area contributed by atoms with Gasteiger partial charge in [0.1, 0.15) is 0 Å². The first-order valence-electron chi connectivity index (χ1n) is 3.49. The molecule has 0 amide bonds. The number of rotatable bonds is 5. The summed E-state index contributed by atoms with van der Waals surface area (Å²) < 4.78 is 0. The van der Waals surface area contributed by atoms with Crippen molar-refractivity contribution in [2.75, 3.05) is 17.3 Å². The highest BCUT2D eigenvalue weighted by molar-refractivity contribution is 7.99. The lowest BCUT2D eigenvalue weighted by Crippen LogP contribution is -1.96. The van der Waals surface area contributed by atoms with Crippen LogP contribution in [0.4, 0.5) is 0 Å². The molecule has 0 aliphatic carbocycles. The molecule has 0 fully saturated rings. The van der Waals surface area contributed by atoms with Crippen molar-refractivity contribution in [3.05, 3.63) is 0 Å². The molecule has 1 atom stereocenters. The van der Waals surface area contributed by atoms with Crippen LogP contribution in [0.3, 0.4) is 0 Å². The van der Waals surface area contributed by atoms with Crippen LogP contribution in [0.25, 0.3) is 0 Å². The molecule has 0 aromatic heterocycles. The maximum absolute atomic E-state index is 4.13. The third kappa shape index (κ3) is 6.59. The molecule has 0 radical (unpaired) electrons. The molecule has 0 saturated heterocycles. The monoisotopic (exact) mass is 164 g/mol. The van der Waals surface area contributed by atoms with E-state index in [9.17, 15) is 0 Å². The first kappa shape index (κ1) is 9.70.